The molecule has 0 aromatic carbocycles. The molecule has 0 saturated heterocycles. The van der Waals surface area contributed by atoms with E-state index in [2.05, 4.69) is 26.0 Å². The lowest BCUT2D eigenvalue weighted by Crippen LogP contribution is -2.53. The van der Waals surface area contributed by atoms with Gasteiger partial charge in [0.2, 0.25) is 11.8 Å². The third kappa shape index (κ3) is 4.09. The summed E-state index contributed by atoms with van der Waals surface area (Å²) in [6, 6.07) is 5.21. The lowest BCUT2D eigenvalue weighted by molar-refractivity contribution is -0.146. The molecular weight excluding hydrogens is 478 g/mol. The largest absolute Gasteiger partial charge is 0.380 e. The summed E-state index contributed by atoms with van der Waals surface area (Å²) in [6.45, 7) is 0. The zero-order valence-corrected chi connectivity index (χ0v) is 22.0. The number of nitrogens with two attached hydrogens (primary N) is 2. The van der Waals surface area contributed by atoms with E-state index in [1.807, 2.05) is 0 Å². The van der Waals surface area contributed by atoms with Crippen LogP contribution in [0.5, 0.6) is 0 Å². The molecule has 9 heteroatoms. The number of rotatable bonds is 6. The van der Waals surface area contributed by atoms with Crippen LogP contribution < -0.4 is 22.3 Å². The molecule has 0 unspecified atom stereocenters. The highest BCUT2D eigenvalue weighted by molar-refractivity contribution is 6.00. The number of nitrogens with one attached hydrogen (secondary N) is 2. The first-order valence-corrected chi connectivity index (χ1v) is 14.5. The van der Waals surface area contributed by atoms with Gasteiger partial charge in [0.25, 0.3) is 0 Å². The average Bonchev–Trinajstić information content (AvgIpc) is 2.88. The second-order valence-electron chi connectivity index (χ2n) is 13.7. The number of pyridine rings is 1. The number of amides is 2. The molecule has 8 saturated carbocycles. The van der Waals surface area contributed by atoms with Gasteiger partial charge in [-0.05, 0) is 125 Å². The monoisotopic (exact) mass is 517 g/mol. The van der Waals surface area contributed by atoms with E-state index in [1.54, 1.807) is 18.2 Å². The van der Waals surface area contributed by atoms with Crippen molar-refractivity contribution >= 4 is 23.5 Å². The first-order chi connectivity index (χ1) is 18.3. The molecule has 8 aliphatic rings. The van der Waals surface area contributed by atoms with Gasteiger partial charge in [-0.15, -0.1) is 0 Å². The molecule has 0 spiro atoms. The van der Waals surface area contributed by atoms with Gasteiger partial charge in [-0.3, -0.25) is 9.59 Å². The molecule has 1 aromatic rings. The van der Waals surface area contributed by atoms with Crippen molar-refractivity contribution in [3.05, 3.63) is 29.6 Å². The quantitative estimate of drug-likeness (QED) is 0.260. The molecule has 0 aliphatic heterocycles. The van der Waals surface area contributed by atoms with Crippen molar-refractivity contribution in [2.75, 3.05) is 0 Å². The van der Waals surface area contributed by atoms with E-state index < -0.39 is 0 Å². The molecule has 2 amide bonds. The predicted molar refractivity (Wildman–Crippen MR) is 143 cm³/mol. The van der Waals surface area contributed by atoms with E-state index in [0.29, 0.717) is 46.9 Å². The van der Waals surface area contributed by atoms with E-state index in [1.165, 1.54) is 38.5 Å². The van der Waals surface area contributed by atoms with Crippen molar-refractivity contribution in [2.24, 2.45) is 68.0 Å². The Labute approximate surface area is 223 Å². The molecule has 38 heavy (non-hydrogen) atoms. The zero-order valence-electron chi connectivity index (χ0n) is 22.0. The number of hydrogen-bond acceptors (Lipinski definition) is 5. The molecule has 8 fully saturated rings. The van der Waals surface area contributed by atoms with Crippen LogP contribution in [-0.2, 0) is 9.59 Å². The van der Waals surface area contributed by atoms with Gasteiger partial charge in [-0.1, -0.05) is 6.07 Å². The standard InChI is InChI=1S/C29H39N7O2/c30-24(33-35-26(37)28-10-16-4-17(11-28)6-18(5-16)12-28)22-2-1-3-23(32-22)25(31)34-36-27(38)29-13-19-7-20(14-29)9-21(8-19)15-29/h1-3,16-21H,4-15H2,(H2,30,33)(H2,31,34)(H,35,37)(H,36,38). The SMILES string of the molecule is N/C(=N\NC(=O)C12CC3CC(CC(C3)C1)C2)c1cccc(/C(N)=N/NC(=O)C23CC4CC(CC(C4)C2)C3)n1. The predicted octanol–water partition coefficient (Wildman–Crippen LogP) is 2.99. The second kappa shape index (κ2) is 8.78. The van der Waals surface area contributed by atoms with Crippen molar-refractivity contribution in [1.29, 1.82) is 0 Å². The number of carbonyl (C=O) groups is 2. The Bertz CT molecular complexity index is 1060. The van der Waals surface area contributed by atoms with Crippen LogP contribution in [0.4, 0.5) is 0 Å². The normalized spacial score (nSPS) is 40.8. The van der Waals surface area contributed by atoms with Crippen LogP contribution in [-0.4, -0.2) is 28.5 Å². The van der Waals surface area contributed by atoms with Crippen molar-refractivity contribution < 1.29 is 9.59 Å². The van der Waals surface area contributed by atoms with Gasteiger partial charge < -0.3 is 11.5 Å². The molecule has 0 atom stereocenters. The minimum atomic E-state index is -0.292. The summed E-state index contributed by atoms with van der Waals surface area (Å²) in [5.41, 5.74) is 18.2. The van der Waals surface area contributed by atoms with Gasteiger partial charge in [0, 0.05) is 0 Å². The van der Waals surface area contributed by atoms with E-state index >= 15 is 0 Å². The van der Waals surface area contributed by atoms with Crippen molar-refractivity contribution in [3.8, 4) is 0 Å². The molecule has 9 nitrogen and oxygen atoms in total. The summed E-state index contributed by atoms with van der Waals surface area (Å²) >= 11 is 0. The number of amidine groups is 2. The fourth-order valence-corrected chi connectivity index (χ4v) is 10.1. The molecule has 202 valence electrons. The molecule has 1 heterocycles. The highest BCUT2D eigenvalue weighted by atomic mass is 16.2. The Morgan fingerprint density at radius 2 is 0.974 bits per heavy atom. The second-order valence-corrected chi connectivity index (χ2v) is 13.7. The maximum Gasteiger partial charge on any atom is 0.246 e. The Morgan fingerprint density at radius 3 is 1.29 bits per heavy atom. The fraction of sp³-hybridized carbons (Fsp3) is 0.690. The van der Waals surface area contributed by atoms with Crippen LogP contribution in [0.3, 0.4) is 0 Å². The summed E-state index contributed by atoms with van der Waals surface area (Å²) in [6.07, 6.45) is 13.5. The fourth-order valence-electron chi connectivity index (χ4n) is 10.1. The Hall–Kier alpha value is -2.97. The zero-order chi connectivity index (χ0) is 26.1. The molecule has 1 aromatic heterocycles. The third-order valence-corrected chi connectivity index (χ3v) is 10.9. The van der Waals surface area contributed by atoms with Gasteiger partial charge in [0.1, 0.15) is 11.4 Å². The van der Waals surface area contributed by atoms with Gasteiger partial charge in [-0.2, -0.15) is 10.2 Å². The van der Waals surface area contributed by atoms with Crippen LogP contribution in [0.25, 0.3) is 0 Å². The summed E-state index contributed by atoms with van der Waals surface area (Å²) in [5.74, 6) is 4.29. The van der Waals surface area contributed by atoms with E-state index in [9.17, 15) is 9.59 Å². The smallest absolute Gasteiger partial charge is 0.246 e. The Balaban J connectivity index is 1.01. The van der Waals surface area contributed by atoms with Crippen LogP contribution in [0.15, 0.2) is 28.4 Å². The van der Waals surface area contributed by atoms with E-state index in [-0.39, 0.29) is 34.3 Å². The van der Waals surface area contributed by atoms with Crippen molar-refractivity contribution in [3.63, 3.8) is 0 Å². The maximum absolute atomic E-state index is 13.2. The number of carbonyl (C=O) groups excluding carboxylic acids is 2. The Morgan fingerprint density at radius 1 is 0.658 bits per heavy atom. The summed E-state index contributed by atoms with van der Waals surface area (Å²) in [5, 5.41) is 8.43. The third-order valence-electron chi connectivity index (χ3n) is 10.9. The average molecular weight is 518 g/mol. The first kappa shape index (κ1) is 24.1. The lowest BCUT2D eigenvalue weighted by atomic mass is 9.49. The number of hydrogen-bond donors (Lipinski definition) is 4. The number of aromatic nitrogens is 1. The lowest BCUT2D eigenvalue weighted by Gasteiger charge is -2.55. The van der Waals surface area contributed by atoms with Crippen molar-refractivity contribution in [2.45, 2.75) is 77.0 Å². The van der Waals surface area contributed by atoms with Crippen molar-refractivity contribution in [1.82, 2.24) is 15.8 Å². The minimum Gasteiger partial charge on any atom is -0.380 e. The van der Waals surface area contributed by atoms with Crippen LogP contribution in [0, 0.1) is 46.3 Å². The minimum absolute atomic E-state index is 0.0100. The Kier molecular flexibility index (Phi) is 5.57. The highest BCUT2D eigenvalue weighted by Crippen LogP contribution is 2.61. The van der Waals surface area contributed by atoms with E-state index in [0.717, 1.165) is 38.5 Å². The molecule has 9 rings (SSSR count). The molecular formula is C29H39N7O2. The molecule has 8 bridgehead atoms. The summed E-state index contributed by atoms with van der Waals surface area (Å²) < 4.78 is 0. The number of hydrazone groups is 2. The molecule has 6 N–H and O–H groups in total. The van der Waals surface area contributed by atoms with E-state index in [4.69, 9.17) is 11.5 Å². The van der Waals surface area contributed by atoms with Crippen LogP contribution >= 0.6 is 0 Å². The van der Waals surface area contributed by atoms with Gasteiger partial charge >= 0.3 is 0 Å². The van der Waals surface area contributed by atoms with Gasteiger partial charge in [-0.25, -0.2) is 15.8 Å². The highest BCUT2D eigenvalue weighted by Gasteiger charge is 2.55. The summed E-state index contributed by atoms with van der Waals surface area (Å²) in [7, 11) is 0. The summed E-state index contributed by atoms with van der Waals surface area (Å²) in [4.78, 5) is 30.9. The maximum atomic E-state index is 13.2. The van der Waals surface area contributed by atoms with Gasteiger partial charge in [0.15, 0.2) is 11.7 Å². The van der Waals surface area contributed by atoms with Gasteiger partial charge in [0.05, 0.1) is 10.8 Å². The van der Waals surface area contributed by atoms with Crippen LogP contribution in [0.1, 0.15) is 88.4 Å². The first-order valence-electron chi connectivity index (χ1n) is 14.5. The topological polar surface area (TPSA) is 148 Å². The molecule has 0 radical (unpaired) electrons. The number of nitrogens with zero attached hydrogens (tertiary/aromatic N) is 3. The van der Waals surface area contributed by atoms with Crippen LogP contribution in [0.2, 0.25) is 0 Å². The molecule has 8 aliphatic carbocycles.